The lowest BCUT2D eigenvalue weighted by molar-refractivity contribution is -0.384. The first kappa shape index (κ1) is 42.4. The first-order valence-electron chi connectivity index (χ1n) is 22.8. The number of benzene rings is 2. The Balaban J connectivity index is 0.833. The van der Waals surface area contributed by atoms with E-state index in [0.29, 0.717) is 42.7 Å². The summed E-state index contributed by atoms with van der Waals surface area (Å²) in [4.78, 5) is 41.5. The Kier molecular flexibility index (Phi) is 11.1. The molecule has 0 unspecified atom stereocenters. The molecule has 2 saturated heterocycles. The van der Waals surface area contributed by atoms with E-state index in [0.717, 1.165) is 81.1 Å². The minimum absolute atomic E-state index is 0.0359. The van der Waals surface area contributed by atoms with Gasteiger partial charge in [-0.15, -0.1) is 0 Å². The summed E-state index contributed by atoms with van der Waals surface area (Å²) >= 11 is 0. The van der Waals surface area contributed by atoms with E-state index in [1.165, 1.54) is 38.3 Å². The average Bonchev–Trinajstić information content (AvgIpc) is 3.82. The summed E-state index contributed by atoms with van der Waals surface area (Å²) in [6.45, 7) is 6.09. The van der Waals surface area contributed by atoms with Crippen LogP contribution in [0.25, 0.3) is 11.0 Å². The minimum Gasteiger partial charge on any atom is -0.455 e. The Morgan fingerprint density at radius 2 is 1.72 bits per heavy atom. The van der Waals surface area contributed by atoms with Crippen molar-refractivity contribution in [2.45, 2.75) is 106 Å². The molecular weight excluding hydrogens is 833 g/mol. The molecule has 336 valence electrons. The largest absolute Gasteiger partial charge is 0.455 e. The zero-order valence-corrected chi connectivity index (χ0v) is 37.0. The van der Waals surface area contributed by atoms with Crippen molar-refractivity contribution >= 4 is 44.2 Å². The van der Waals surface area contributed by atoms with Crippen LogP contribution in [0.2, 0.25) is 0 Å². The number of rotatable bonds is 13. The molecule has 3 aromatic heterocycles. The Bertz CT molecular complexity index is 2670. The highest BCUT2D eigenvalue weighted by atomic mass is 32.2. The van der Waals surface area contributed by atoms with Gasteiger partial charge in [0.15, 0.2) is 0 Å². The number of fused-ring (bicyclic) bond motifs is 1. The fourth-order valence-corrected chi connectivity index (χ4v) is 11.8. The van der Waals surface area contributed by atoms with Crippen LogP contribution in [0.4, 0.5) is 17.2 Å². The second-order valence-corrected chi connectivity index (χ2v) is 21.0. The summed E-state index contributed by atoms with van der Waals surface area (Å²) in [7, 11) is -4.62. The normalized spacial score (nSPS) is 24.7. The fourth-order valence-electron chi connectivity index (χ4n) is 10.9. The molecular formula is C48H56N8O7S. The third-order valence-corrected chi connectivity index (χ3v) is 16.1. The molecule has 0 radical (unpaired) electrons. The van der Waals surface area contributed by atoms with E-state index in [2.05, 4.69) is 59.1 Å². The molecule has 2 aliphatic heterocycles. The van der Waals surface area contributed by atoms with E-state index in [1.807, 2.05) is 12.1 Å². The van der Waals surface area contributed by atoms with Crippen LogP contribution in [-0.2, 0) is 10.0 Å². The molecule has 3 aliphatic carbocycles. The molecule has 10 rings (SSSR count). The molecule has 0 bridgehead atoms. The van der Waals surface area contributed by atoms with Gasteiger partial charge in [-0.05, 0) is 130 Å². The summed E-state index contributed by atoms with van der Waals surface area (Å²) in [6.07, 6.45) is 15.6. The number of H-pyrrole nitrogens is 1. The number of pyridine rings is 2. The van der Waals surface area contributed by atoms with Gasteiger partial charge < -0.3 is 25.0 Å². The Labute approximate surface area is 373 Å². The van der Waals surface area contributed by atoms with Crippen LogP contribution in [0.15, 0.2) is 84.1 Å². The summed E-state index contributed by atoms with van der Waals surface area (Å²) in [5.74, 6) is 0.999. The Morgan fingerprint density at radius 3 is 2.47 bits per heavy atom. The molecule has 2 aromatic carbocycles. The number of ether oxygens (including phenoxy) is 1. The van der Waals surface area contributed by atoms with Gasteiger partial charge in [-0.1, -0.05) is 30.7 Å². The number of anilines is 2. The van der Waals surface area contributed by atoms with Crippen molar-refractivity contribution in [2.24, 2.45) is 11.3 Å². The number of nitrogens with one attached hydrogen (secondary N) is 3. The highest BCUT2D eigenvalue weighted by Gasteiger charge is 2.50. The molecule has 64 heavy (non-hydrogen) atoms. The number of piperidine rings is 1. The Hall–Kier alpha value is -5.58. The number of amides is 1. The molecule has 2 atom stereocenters. The van der Waals surface area contributed by atoms with Gasteiger partial charge in [-0.25, -0.2) is 23.1 Å². The summed E-state index contributed by atoms with van der Waals surface area (Å²) < 4.78 is 35.8. The number of hydrogen-bond donors (Lipinski definition) is 4. The van der Waals surface area contributed by atoms with Gasteiger partial charge in [-0.3, -0.25) is 19.8 Å². The summed E-state index contributed by atoms with van der Waals surface area (Å²) in [5, 5.41) is 26.2. The molecule has 5 heterocycles. The summed E-state index contributed by atoms with van der Waals surface area (Å²) in [6, 6.07) is 19.5. The van der Waals surface area contributed by atoms with Gasteiger partial charge in [0.25, 0.3) is 15.9 Å². The first-order chi connectivity index (χ1) is 30.8. The average molecular weight is 889 g/mol. The SMILES string of the molecule is CC1(O)CCC(CNc2ncc(S(=O)(=O)NC(=O)c3ccc(N4CCC5(CC4)CN([C@H]4CCC[C@H]4c4ccccc4C4CC4)C5)cc3Oc3cnc4[nH]ccc4c3)cc2[N+](=O)[O-])CC1. The second kappa shape index (κ2) is 16.8. The number of aliphatic hydroxyl groups is 1. The van der Waals surface area contributed by atoms with Crippen LogP contribution >= 0.6 is 0 Å². The van der Waals surface area contributed by atoms with E-state index >= 15 is 0 Å². The number of aromatic amines is 1. The number of carbonyl (C=O) groups excluding carboxylic acids is 1. The molecule has 1 spiro atoms. The standard InChI is InChI=1S/C48H56N8O7S/c1-47(58)16-13-31(14-17-47)26-50-45-42(56(59)60)25-36(28-52-45)64(61,62)53-46(57)40-12-11-34(24-43(40)63-35-23-33-15-20-49-44(33)51-27-35)54-21-18-48(19-22-54)29-55(30-48)41-8-4-7-39(41)38-6-3-2-5-37(38)32-9-10-32/h2-3,5-6,11-12,15,20,23-25,27-28,31-32,39,41,58H,4,7-10,13-14,16-19,21-22,26,29-30H2,1H3,(H,49,51)(H,50,52)(H,53,57)/t31?,39-,41-,47?/m0/s1. The fraction of sp³-hybridized carbons (Fsp3) is 0.479. The Morgan fingerprint density at radius 1 is 0.953 bits per heavy atom. The van der Waals surface area contributed by atoms with Gasteiger partial charge in [-0.2, -0.15) is 0 Å². The third-order valence-electron chi connectivity index (χ3n) is 14.8. The van der Waals surface area contributed by atoms with Crippen molar-refractivity contribution in [3.05, 3.63) is 106 Å². The lowest BCUT2D eigenvalue weighted by atomic mass is 9.70. The number of nitro groups is 1. The van der Waals surface area contributed by atoms with E-state index in [-0.39, 0.29) is 28.5 Å². The lowest BCUT2D eigenvalue weighted by Crippen LogP contribution is -2.63. The molecule has 16 heteroatoms. The molecule has 4 N–H and O–H groups in total. The zero-order valence-electron chi connectivity index (χ0n) is 36.2. The quantitative estimate of drug-likeness (QED) is 0.0654. The van der Waals surface area contributed by atoms with E-state index in [4.69, 9.17) is 4.74 Å². The number of likely N-dealkylation sites (tertiary alicyclic amines) is 1. The highest BCUT2D eigenvalue weighted by molar-refractivity contribution is 7.90. The van der Waals surface area contributed by atoms with Crippen molar-refractivity contribution in [3.63, 3.8) is 0 Å². The maximum atomic E-state index is 14.0. The molecule has 5 aliphatic rings. The van der Waals surface area contributed by atoms with Crippen molar-refractivity contribution in [2.75, 3.05) is 42.9 Å². The van der Waals surface area contributed by atoms with Crippen molar-refractivity contribution < 1.29 is 28.0 Å². The van der Waals surface area contributed by atoms with Gasteiger partial charge >= 0.3 is 5.69 Å². The minimum atomic E-state index is -4.62. The van der Waals surface area contributed by atoms with E-state index < -0.39 is 37.0 Å². The first-order valence-corrected chi connectivity index (χ1v) is 24.3. The van der Waals surface area contributed by atoms with Crippen molar-refractivity contribution in [3.8, 4) is 11.5 Å². The summed E-state index contributed by atoms with van der Waals surface area (Å²) in [5.41, 5.74) is 3.68. The van der Waals surface area contributed by atoms with Crippen LogP contribution in [0.3, 0.4) is 0 Å². The lowest BCUT2D eigenvalue weighted by Gasteiger charge is -2.57. The molecule has 1 amide bonds. The monoisotopic (exact) mass is 888 g/mol. The maximum absolute atomic E-state index is 14.0. The van der Waals surface area contributed by atoms with Gasteiger partial charge in [0, 0.05) is 68.2 Å². The van der Waals surface area contributed by atoms with Crippen LogP contribution in [-0.4, -0.2) is 88.6 Å². The van der Waals surface area contributed by atoms with Crippen molar-refractivity contribution in [1.82, 2.24) is 24.6 Å². The number of hydrogen-bond acceptors (Lipinski definition) is 12. The van der Waals surface area contributed by atoms with Crippen LogP contribution in [0.5, 0.6) is 11.5 Å². The van der Waals surface area contributed by atoms with E-state index in [9.17, 15) is 28.4 Å². The molecule has 15 nitrogen and oxygen atoms in total. The van der Waals surface area contributed by atoms with E-state index in [1.54, 1.807) is 42.4 Å². The second-order valence-electron chi connectivity index (χ2n) is 19.3. The number of sulfonamides is 1. The van der Waals surface area contributed by atoms with Crippen LogP contribution in [0.1, 0.15) is 111 Å². The molecule has 5 aromatic rings. The molecule has 3 saturated carbocycles. The smallest absolute Gasteiger partial charge is 0.312 e. The van der Waals surface area contributed by atoms with Gasteiger partial charge in [0.05, 0.1) is 28.5 Å². The number of carbonyl (C=O) groups is 1. The zero-order chi connectivity index (χ0) is 44.2. The predicted octanol–water partition coefficient (Wildman–Crippen LogP) is 8.25. The van der Waals surface area contributed by atoms with Gasteiger partial charge in [0.1, 0.15) is 22.0 Å². The predicted molar refractivity (Wildman–Crippen MR) is 243 cm³/mol. The third kappa shape index (κ3) is 8.66. The topological polar surface area (TPSA) is 196 Å². The van der Waals surface area contributed by atoms with Crippen LogP contribution in [0, 0.1) is 21.4 Å². The molecule has 5 fully saturated rings. The maximum Gasteiger partial charge on any atom is 0.312 e. The highest BCUT2D eigenvalue weighted by Crippen LogP contribution is 2.51. The van der Waals surface area contributed by atoms with Crippen molar-refractivity contribution in [1.29, 1.82) is 0 Å². The number of nitrogens with zero attached hydrogens (tertiary/aromatic N) is 5. The van der Waals surface area contributed by atoms with Crippen LogP contribution < -0.4 is 19.7 Å². The van der Waals surface area contributed by atoms with Gasteiger partial charge in [0.2, 0.25) is 5.82 Å². The number of aromatic nitrogens is 3.